The van der Waals surface area contributed by atoms with Crippen LogP contribution in [-0.2, 0) is 13.5 Å². The summed E-state index contributed by atoms with van der Waals surface area (Å²) in [5.41, 5.74) is 4.78. The van der Waals surface area contributed by atoms with Crippen molar-refractivity contribution < 1.29 is 0 Å². The molecule has 0 fully saturated rings. The van der Waals surface area contributed by atoms with Crippen molar-refractivity contribution in [3.8, 4) is 0 Å². The molecule has 0 radical (unpaired) electrons. The zero-order chi connectivity index (χ0) is 16.0. The number of pyridine rings is 1. The lowest BCUT2D eigenvalue weighted by atomic mass is 10.0. The highest BCUT2D eigenvalue weighted by atomic mass is 35.5. The van der Waals surface area contributed by atoms with Gasteiger partial charge in [-0.1, -0.05) is 47.5 Å². The number of hydrogen-bond donors (Lipinski definition) is 0. The van der Waals surface area contributed by atoms with Crippen molar-refractivity contribution in [2.45, 2.75) is 6.42 Å². The minimum Gasteiger partial charge on any atom is -0.265 e. The van der Waals surface area contributed by atoms with Crippen LogP contribution in [0.2, 0.25) is 10.0 Å². The quantitative estimate of drug-likeness (QED) is 0.512. The molecule has 0 atom stereocenters. The topological polar surface area (TPSA) is 30.7 Å². The Hall–Kier alpha value is -2.10. The molecular weight excluding hydrogens is 329 g/mol. The van der Waals surface area contributed by atoms with E-state index in [0.717, 1.165) is 44.5 Å². The van der Waals surface area contributed by atoms with Crippen molar-refractivity contribution >= 4 is 45.1 Å². The normalized spacial score (nSPS) is 11.4. The average molecular weight is 342 g/mol. The van der Waals surface area contributed by atoms with E-state index in [1.54, 1.807) is 10.9 Å². The summed E-state index contributed by atoms with van der Waals surface area (Å²) in [7, 11) is 1.87. The maximum Gasteiger partial charge on any atom is 0.111 e. The summed E-state index contributed by atoms with van der Waals surface area (Å²) in [6, 6.07) is 14.0. The highest BCUT2D eigenvalue weighted by Gasteiger charge is 2.12. The van der Waals surface area contributed by atoms with Crippen LogP contribution in [0.25, 0.3) is 21.9 Å². The van der Waals surface area contributed by atoms with Crippen molar-refractivity contribution in [1.82, 2.24) is 14.8 Å². The molecule has 0 bridgehead atoms. The van der Waals surface area contributed by atoms with Crippen LogP contribution < -0.4 is 0 Å². The van der Waals surface area contributed by atoms with E-state index in [1.807, 2.05) is 37.4 Å². The van der Waals surface area contributed by atoms with Crippen molar-refractivity contribution in [3.05, 3.63) is 69.8 Å². The van der Waals surface area contributed by atoms with Gasteiger partial charge in [0.05, 0.1) is 16.7 Å². The highest BCUT2D eigenvalue weighted by Crippen LogP contribution is 2.31. The first kappa shape index (κ1) is 14.5. The summed E-state index contributed by atoms with van der Waals surface area (Å²) in [4.78, 5) is 4.63. The first-order chi connectivity index (χ1) is 11.1. The third-order valence-corrected chi connectivity index (χ3v) is 4.77. The molecule has 0 saturated heterocycles. The number of nitrogens with zero attached hydrogens (tertiary/aromatic N) is 3. The number of halogens is 2. The zero-order valence-corrected chi connectivity index (χ0v) is 13.9. The van der Waals surface area contributed by atoms with Crippen LogP contribution in [0, 0.1) is 0 Å². The van der Waals surface area contributed by atoms with E-state index in [0.29, 0.717) is 5.02 Å². The number of hydrogen-bond acceptors (Lipinski definition) is 2. The standard InChI is InChI=1S/C18H13Cl2N3/c1-23-18-16(10-21-23)22-15-7-6-11(9-13(15)17(18)20)8-12-4-2-3-5-14(12)19/h2-7,9-10H,8H2,1H3. The van der Waals surface area contributed by atoms with E-state index < -0.39 is 0 Å². The van der Waals surface area contributed by atoms with E-state index in [2.05, 4.69) is 22.2 Å². The molecule has 0 N–H and O–H groups in total. The Bertz CT molecular complexity index is 1040. The van der Waals surface area contributed by atoms with Crippen LogP contribution in [0.3, 0.4) is 0 Å². The fourth-order valence-electron chi connectivity index (χ4n) is 2.85. The highest BCUT2D eigenvalue weighted by molar-refractivity contribution is 6.39. The SMILES string of the molecule is Cn1ncc2nc3ccc(Cc4ccccc4Cl)cc3c(Cl)c21. The molecule has 4 rings (SSSR count). The molecule has 114 valence electrons. The Balaban J connectivity index is 1.87. The number of aromatic nitrogens is 3. The fraction of sp³-hybridized carbons (Fsp3) is 0.111. The number of aryl methyl sites for hydroxylation is 1. The van der Waals surface area contributed by atoms with Gasteiger partial charge in [-0.05, 0) is 35.7 Å². The van der Waals surface area contributed by atoms with Crippen LogP contribution in [-0.4, -0.2) is 14.8 Å². The average Bonchev–Trinajstić information content (AvgIpc) is 2.92. The molecule has 0 saturated carbocycles. The Morgan fingerprint density at radius 1 is 1.04 bits per heavy atom. The second-order valence-corrected chi connectivity index (χ2v) is 6.33. The van der Waals surface area contributed by atoms with Crippen LogP contribution in [0.5, 0.6) is 0 Å². The van der Waals surface area contributed by atoms with Crippen molar-refractivity contribution in [2.24, 2.45) is 7.05 Å². The molecule has 23 heavy (non-hydrogen) atoms. The summed E-state index contributed by atoms with van der Waals surface area (Å²) in [5, 5.41) is 6.63. The van der Waals surface area contributed by atoms with Gasteiger partial charge in [0.25, 0.3) is 0 Å². The lowest BCUT2D eigenvalue weighted by molar-refractivity contribution is 0.797. The van der Waals surface area contributed by atoms with Crippen LogP contribution in [0.1, 0.15) is 11.1 Å². The molecule has 2 aromatic carbocycles. The maximum atomic E-state index is 6.60. The van der Waals surface area contributed by atoms with Crippen LogP contribution in [0.15, 0.2) is 48.7 Å². The second-order valence-electron chi connectivity index (χ2n) is 5.55. The van der Waals surface area contributed by atoms with Crippen LogP contribution >= 0.6 is 23.2 Å². The predicted octanol–water partition coefficient (Wildman–Crippen LogP) is 5.02. The van der Waals surface area contributed by atoms with Gasteiger partial charge in [-0.2, -0.15) is 5.10 Å². The summed E-state index contributed by atoms with van der Waals surface area (Å²) in [6.45, 7) is 0. The van der Waals surface area contributed by atoms with Gasteiger partial charge in [0, 0.05) is 17.5 Å². The molecule has 0 aliphatic carbocycles. The third kappa shape index (κ3) is 2.46. The van der Waals surface area contributed by atoms with Gasteiger partial charge in [0.15, 0.2) is 0 Å². The fourth-order valence-corrected chi connectivity index (χ4v) is 3.42. The minimum absolute atomic E-state index is 0.686. The number of rotatable bonds is 2. The number of benzene rings is 2. The predicted molar refractivity (Wildman–Crippen MR) is 95.3 cm³/mol. The third-order valence-electron chi connectivity index (χ3n) is 4.02. The lowest BCUT2D eigenvalue weighted by Crippen LogP contribution is -1.93. The molecule has 0 amide bonds. The minimum atomic E-state index is 0.686. The Kier molecular flexibility index (Phi) is 3.47. The summed E-state index contributed by atoms with van der Waals surface area (Å²) >= 11 is 12.9. The van der Waals surface area contributed by atoms with Gasteiger partial charge in [0.1, 0.15) is 11.0 Å². The summed E-state index contributed by atoms with van der Waals surface area (Å²) < 4.78 is 1.75. The summed E-state index contributed by atoms with van der Waals surface area (Å²) in [6.07, 6.45) is 2.49. The molecule has 2 aromatic heterocycles. The Labute approximate surface area is 143 Å². The van der Waals surface area contributed by atoms with Gasteiger partial charge in [0.2, 0.25) is 0 Å². The first-order valence-corrected chi connectivity index (χ1v) is 8.02. The maximum absolute atomic E-state index is 6.60. The largest absolute Gasteiger partial charge is 0.265 e. The van der Waals surface area contributed by atoms with Gasteiger partial charge in [-0.15, -0.1) is 0 Å². The monoisotopic (exact) mass is 341 g/mol. The molecular formula is C18H13Cl2N3. The van der Waals surface area contributed by atoms with Crippen molar-refractivity contribution in [3.63, 3.8) is 0 Å². The Morgan fingerprint density at radius 2 is 1.87 bits per heavy atom. The van der Waals surface area contributed by atoms with E-state index in [9.17, 15) is 0 Å². The van der Waals surface area contributed by atoms with Gasteiger partial charge in [-0.3, -0.25) is 4.68 Å². The Morgan fingerprint density at radius 3 is 2.70 bits per heavy atom. The van der Waals surface area contributed by atoms with E-state index in [4.69, 9.17) is 23.2 Å². The first-order valence-electron chi connectivity index (χ1n) is 7.27. The smallest absolute Gasteiger partial charge is 0.111 e. The lowest BCUT2D eigenvalue weighted by Gasteiger charge is -2.08. The second kappa shape index (κ2) is 5.52. The van der Waals surface area contributed by atoms with Crippen LogP contribution in [0.4, 0.5) is 0 Å². The van der Waals surface area contributed by atoms with E-state index in [1.165, 1.54) is 0 Å². The van der Waals surface area contributed by atoms with Crippen molar-refractivity contribution in [1.29, 1.82) is 0 Å². The molecule has 0 aliphatic heterocycles. The van der Waals surface area contributed by atoms with Gasteiger partial charge >= 0.3 is 0 Å². The van der Waals surface area contributed by atoms with Gasteiger partial charge < -0.3 is 0 Å². The molecule has 0 spiro atoms. The molecule has 0 unspecified atom stereocenters. The molecule has 2 heterocycles. The number of fused-ring (bicyclic) bond motifs is 2. The van der Waals surface area contributed by atoms with E-state index >= 15 is 0 Å². The molecule has 4 aromatic rings. The summed E-state index contributed by atoms with van der Waals surface area (Å²) in [5.74, 6) is 0. The zero-order valence-electron chi connectivity index (χ0n) is 12.4. The van der Waals surface area contributed by atoms with Gasteiger partial charge in [-0.25, -0.2) is 4.98 Å². The molecule has 0 aliphatic rings. The molecule has 5 heteroatoms. The van der Waals surface area contributed by atoms with Crippen molar-refractivity contribution in [2.75, 3.05) is 0 Å². The molecule has 3 nitrogen and oxygen atoms in total. The van der Waals surface area contributed by atoms with E-state index in [-0.39, 0.29) is 0 Å².